The minimum absolute atomic E-state index is 0.0153. The highest BCUT2D eigenvalue weighted by atomic mass is 16.5. The van der Waals surface area contributed by atoms with Crippen molar-refractivity contribution in [1.82, 2.24) is 19.6 Å². The maximum Gasteiger partial charge on any atom is 0.150 e. The van der Waals surface area contributed by atoms with Crippen LogP contribution >= 0.6 is 0 Å². The molecule has 5 rings (SSSR count). The number of fused-ring (bicyclic) bond motifs is 4. The summed E-state index contributed by atoms with van der Waals surface area (Å²) in [4.78, 5) is 0. The van der Waals surface area contributed by atoms with Crippen molar-refractivity contribution >= 4 is 10.9 Å². The second kappa shape index (κ2) is 8.40. The summed E-state index contributed by atoms with van der Waals surface area (Å²) in [6, 6.07) is 6.24. The number of hydrogen-bond donors (Lipinski definition) is 0. The zero-order chi connectivity index (χ0) is 20.5. The van der Waals surface area contributed by atoms with Crippen LogP contribution in [0.5, 0.6) is 5.75 Å². The fourth-order valence-electron chi connectivity index (χ4n) is 4.33. The van der Waals surface area contributed by atoms with Crippen LogP contribution < -0.4 is 4.74 Å². The molecule has 0 radical (unpaired) electrons. The summed E-state index contributed by atoms with van der Waals surface area (Å²) in [7, 11) is 0. The minimum Gasteiger partial charge on any atom is -0.491 e. The Balaban J connectivity index is 1.60. The third-order valence-corrected chi connectivity index (χ3v) is 5.92. The fourth-order valence-corrected chi connectivity index (χ4v) is 4.33. The molecule has 2 aliphatic rings. The Morgan fingerprint density at radius 3 is 2.90 bits per heavy atom. The van der Waals surface area contributed by atoms with Crippen molar-refractivity contribution < 1.29 is 14.2 Å². The van der Waals surface area contributed by atoms with Gasteiger partial charge in [-0.05, 0) is 50.3 Å². The second-order valence-electron chi connectivity index (χ2n) is 8.64. The van der Waals surface area contributed by atoms with E-state index in [2.05, 4.69) is 37.3 Å². The van der Waals surface area contributed by atoms with E-state index in [-0.39, 0.29) is 12.3 Å². The predicted octanol–water partition coefficient (Wildman–Crippen LogP) is 4.42. The zero-order valence-corrected chi connectivity index (χ0v) is 17.8. The SMILES string of the molecule is C[C@H]1COCC[C@H](C)Oc2ccc3c(c2)c(nn3C2CCCCO2)-c2cnn(c2)C1. The largest absolute Gasteiger partial charge is 0.491 e. The number of hydrogen-bond acceptors (Lipinski definition) is 5. The van der Waals surface area contributed by atoms with E-state index in [1.807, 2.05) is 21.6 Å². The third kappa shape index (κ3) is 3.96. The van der Waals surface area contributed by atoms with Crippen molar-refractivity contribution in [2.75, 3.05) is 19.8 Å². The van der Waals surface area contributed by atoms with Crippen molar-refractivity contribution in [3.8, 4) is 17.0 Å². The van der Waals surface area contributed by atoms with Crippen molar-refractivity contribution in [2.45, 2.75) is 58.4 Å². The lowest BCUT2D eigenvalue weighted by molar-refractivity contribution is -0.0365. The van der Waals surface area contributed by atoms with E-state index in [9.17, 15) is 0 Å². The molecule has 2 aliphatic heterocycles. The summed E-state index contributed by atoms with van der Waals surface area (Å²) >= 11 is 0. The van der Waals surface area contributed by atoms with Gasteiger partial charge in [0.25, 0.3) is 0 Å². The monoisotopic (exact) mass is 410 g/mol. The van der Waals surface area contributed by atoms with Gasteiger partial charge in [0.15, 0.2) is 6.23 Å². The molecule has 1 aromatic carbocycles. The number of aromatic nitrogens is 4. The second-order valence-corrected chi connectivity index (χ2v) is 8.64. The van der Waals surface area contributed by atoms with Crippen LogP contribution in [0.1, 0.15) is 45.8 Å². The number of benzene rings is 1. The van der Waals surface area contributed by atoms with Crippen molar-refractivity contribution in [3.63, 3.8) is 0 Å². The molecule has 7 nitrogen and oxygen atoms in total. The Labute approximate surface area is 176 Å². The molecule has 0 spiro atoms. The van der Waals surface area contributed by atoms with Crippen molar-refractivity contribution in [3.05, 3.63) is 30.6 Å². The van der Waals surface area contributed by atoms with Crippen LogP contribution in [0.2, 0.25) is 0 Å². The van der Waals surface area contributed by atoms with E-state index in [1.54, 1.807) is 0 Å². The molecule has 0 saturated carbocycles. The number of ether oxygens (including phenoxy) is 3. The summed E-state index contributed by atoms with van der Waals surface area (Å²) in [5, 5.41) is 10.7. The molecule has 0 N–H and O–H groups in total. The number of nitrogens with zero attached hydrogens (tertiary/aromatic N) is 4. The molecule has 1 saturated heterocycles. The Hall–Kier alpha value is -2.38. The molecule has 1 fully saturated rings. The summed E-state index contributed by atoms with van der Waals surface area (Å²) in [6.07, 6.45) is 8.19. The summed E-state index contributed by atoms with van der Waals surface area (Å²) < 4.78 is 22.2. The molecule has 3 atom stereocenters. The molecule has 160 valence electrons. The Kier molecular flexibility index (Phi) is 5.48. The summed E-state index contributed by atoms with van der Waals surface area (Å²) in [5.74, 6) is 1.24. The van der Waals surface area contributed by atoms with E-state index < -0.39 is 0 Å². The van der Waals surface area contributed by atoms with Gasteiger partial charge in [-0.15, -0.1) is 0 Å². The summed E-state index contributed by atoms with van der Waals surface area (Å²) in [5.41, 5.74) is 3.02. The molecule has 0 aliphatic carbocycles. The van der Waals surface area contributed by atoms with Crippen LogP contribution in [-0.4, -0.2) is 45.5 Å². The number of rotatable bonds is 1. The lowest BCUT2D eigenvalue weighted by atomic mass is 10.1. The maximum absolute atomic E-state index is 6.20. The topological polar surface area (TPSA) is 63.3 Å². The smallest absolute Gasteiger partial charge is 0.150 e. The third-order valence-electron chi connectivity index (χ3n) is 5.92. The van der Waals surface area contributed by atoms with Crippen LogP contribution in [0.25, 0.3) is 22.2 Å². The lowest BCUT2D eigenvalue weighted by Gasteiger charge is -2.23. The predicted molar refractivity (Wildman–Crippen MR) is 114 cm³/mol. The highest BCUT2D eigenvalue weighted by Gasteiger charge is 2.23. The molecular formula is C23H30N4O3. The van der Waals surface area contributed by atoms with Crippen LogP contribution in [0.15, 0.2) is 30.6 Å². The van der Waals surface area contributed by atoms with E-state index in [4.69, 9.17) is 19.3 Å². The van der Waals surface area contributed by atoms with Crippen LogP contribution in [0.3, 0.4) is 0 Å². The minimum atomic E-state index is -0.0153. The van der Waals surface area contributed by atoms with Crippen LogP contribution in [0.4, 0.5) is 0 Å². The van der Waals surface area contributed by atoms with Gasteiger partial charge in [-0.25, -0.2) is 4.68 Å². The molecule has 2 aromatic heterocycles. The Morgan fingerprint density at radius 2 is 2.03 bits per heavy atom. The van der Waals surface area contributed by atoms with E-state index >= 15 is 0 Å². The molecule has 7 heteroatoms. The van der Waals surface area contributed by atoms with Crippen molar-refractivity contribution in [2.24, 2.45) is 5.92 Å². The highest BCUT2D eigenvalue weighted by Crippen LogP contribution is 2.35. The van der Waals surface area contributed by atoms with Gasteiger partial charge < -0.3 is 14.2 Å². The molecular weight excluding hydrogens is 380 g/mol. The summed E-state index contributed by atoms with van der Waals surface area (Å²) in [6.45, 7) is 7.31. The molecule has 30 heavy (non-hydrogen) atoms. The lowest BCUT2D eigenvalue weighted by Crippen LogP contribution is -2.19. The molecule has 3 aromatic rings. The Bertz CT molecular complexity index is 1010. The van der Waals surface area contributed by atoms with Gasteiger partial charge in [-0.1, -0.05) is 6.92 Å². The fraction of sp³-hybridized carbons (Fsp3) is 0.565. The normalized spacial score (nSPS) is 25.6. The van der Waals surface area contributed by atoms with Crippen molar-refractivity contribution in [1.29, 1.82) is 0 Å². The quantitative estimate of drug-likeness (QED) is 0.594. The first-order valence-electron chi connectivity index (χ1n) is 11.1. The van der Waals surface area contributed by atoms with Crippen LogP contribution in [-0.2, 0) is 16.0 Å². The first kappa shape index (κ1) is 19.6. The highest BCUT2D eigenvalue weighted by molar-refractivity contribution is 5.94. The maximum atomic E-state index is 6.20. The average Bonchev–Trinajstić information content (AvgIpc) is 3.35. The van der Waals surface area contributed by atoms with E-state index in [0.717, 1.165) is 66.7 Å². The van der Waals surface area contributed by atoms with Crippen LogP contribution in [0, 0.1) is 5.92 Å². The zero-order valence-electron chi connectivity index (χ0n) is 17.8. The van der Waals surface area contributed by atoms with Gasteiger partial charge >= 0.3 is 0 Å². The molecule has 0 amide bonds. The average molecular weight is 411 g/mol. The van der Waals surface area contributed by atoms with Gasteiger partial charge in [0.05, 0.1) is 31.0 Å². The van der Waals surface area contributed by atoms with Gasteiger partial charge in [0.1, 0.15) is 11.4 Å². The van der Waals surface area contributed by atoms with Gasteiger partial charge in [0.2, 0.25) is 0 Å². The van der Waals surface area contributed by atoms with Gasteiger partial charge in [-0.2, -0.15) is 10.2 Å². The standard InChI is InChI=1S/C23H30N4O3/c1-16-13-26-14-18(12-24-26)23-20-11-19(30-17(2)8-10-28-15-16)6-7-21(20)27(25-23)22-5-3-4-9-29-22/h6-7,11-12,14,16-17,22H,3-5,8-10,13,15H2,1-2H3/t16-,17+,22?/m1/s1. The first-order chi connectivity index (χ1) is 14.7. The first-order valence-corrected chi connectivity index (χ1v) is 11.1. The van der Waals surface area contributed by atoms with E-state index in [0.29, 0.717) is 19.1 Å². The Morgan fingerprint density at radius 1 is 1.10 bits per heavy atom. The molecule has 1 unspecified atom stereocenters. The van der Waals surface area contributed by atoms with Gasteiger partial charge in [0, 0.05) is 36.7 Å². The van der Waals surface area contributed by atoms with E-state index in [1.165, 1.54) is 0 Å². The van der Waals surface area contributed by atoms with Gasteiger partial charge in [-0.3, -0.25) is 4.68 Å². The molecule has 4 bridgehead atoms. The molecule has 4 heterocycles.